The van der Waals surface area contributed by atoms with Crippen LogP contribution in [0.4, 0.5) is 4.79 Å². The lowest BCUT2D eigenvalue weighted by atomic mass is 10.0. The topological polar surface area (TPSA) is 64.6 Å². The molecule has 5 nitrogen and oxygen atoms in total. The first-order valence-corrected chi connectivity index (χ1v) is 12.3. The molecule has 0 bridgehead atoms. The first-order chi connectivity index (χ1) is 14.2. The fraction of sp³-hybridized carbons (Fsp3) is 0.917. The zero-order valence-electron chi connectivity index (χ0n) is 19.4. The number of hydrogen-bond donors (Lipinski definition) is 1. The predicted octanol–water partition coefficient (Wildman–Crippen LogP) is 6.93. The van der Waals surface area contributed by atoms with E-state index in [-0.39, 0.29) is 5.97 Å². The smallest absolute Gasteiger partial charge is 0.407 e. The standard InChI is InChI=1S/C24H47NO4/c1-4-7-8-9-10-11-12-13-14-15-16-17-18-21-28-23(26)22(19-5-2)25-24(27)29-20-6-3/h22H,4-21H2,1-3H3,(H,25,27). The minimum atomic E-state index is -0.605. The number of hydrogen-bond acceptors (Lipinski definition) is 4. The second-order valence-electron chi connectivity index (χ2n) is 8.03. The molecular weight excluding hydrogens is 366 g/mol. The summed E-state index contributed by atoms with van der Waals surface area (Å²) in [5, 5.41) is 2.62. The van der Waals surface area contributed by atoms with Crippen LogP contribution < -0.4 is 5.32 Å². The van der Waals surface area contributed by atoms with Crippen molar-refractivity contribution < 1.29 is 19.1 Å². The molecule has 1 atom stereocenters. The maximum absolute atomic E-state index is 12.2. The quantitative estimate of drug-likeness (QED) is 0.174. The van der Waals surface area contributed by atoms with Crippen molar-refractivity contribution in [1.29, 1.82) is 0 Å². The highest BCUT2D eigenvalue weighted by molar-refractivity contribution is 5.81. The summed E-state index contributed by atoms with van der Waals surface area (Å²) >= 11 is 0. The van der Waals surface area contributed by atoms with Gasteiger partial charge in [0.05, 0.1) is 13.2 Å². The molecule has 0 saturated heterocycles. The SMILES string of the molecule is CCCCCCCCCCCCCCCOC(=O)C(CCC)NC(=O)OCCC. The van der Waals surface area contributed by atoms with Gasteiger partial charge in [0.1, 0.15) is 6.04 Å². The largest absolute Gasteiger partial charge is 0.464 e. The molecule has 0 aromatic rings. The highest BCUT2D eigenvalue weighted by atomic mass is 16.6. The molecule has 0 aromatic heterocycles. The average molecular weight is 414 g/mol. The minimum absolute atomic E-state index is 0.348. The van der Waals surface area contributed by atoms with Crippen LogP contribution in [0.5, 0.6) is 0 Å². The van der Waals surface area contributed by atoms with Crippen molar-refractivity contribution in [3.63, 3.8) is 0 Å². The van der Waals surface area contributed by atoms with Crippen molar-refractivity contribution in [2.45, 2.75) is 130 Å². The Morgan fingerprint density at radius 1 is 0.621 bits per heavy atom. The summed E-state index contributed by atoms with van der Waals surface area (Å²) in [7, 11) is 0. The molecule has 1 amide bonds. The second kappa shape index (κ2) is 21.4. The van der Waals surface area contributed by atoms with Crippen LogP contribution in [-0.4, -0.2) is 31.3 Å². The van der Waals surface area contributed by atoms with Gasteiger partial charge in [0, 0.05) is 0 Å². The van der Waals surface area contributed by atoms with Crippen LogP contribution in [-0.2, 0) is 14.3 Å². The third-order valence-electron chi connectivity index (χ3n) is 5.08. The Bertz CT molecular complexity index is 387. The molecule has 0 saturated carbocycles. The van der Waals surface area contributed by atoms with Gasteiger partial charge < -0.3 is 14.8 Å². The first-order valence-electron chi connectivity index (χ1n) is 12.3. The molecule has 0 aliphatic heterocycles. The summed E-state index contributed by atoms with van der Waals surface area (Å²) in [6.07, 6.45) is 18.4. The number of nitrogens with one attached hydrogen (secondary N) is 1. The Hall–Kier alpha value is -1.26. The van der Waals surface area contributed by atoms with Crippen molar-refractivity contribution in [1.82, 2.24) is 5.32 Å². The summed E-state index contributed by atoms with van der Waals surface area (Å²) in [4.78, 5) is 23.8. The van der Waals surface area contributed by atoms with Gasteiger partial charge in [-0.25, -0.2) is 9.59 Å². The number of esters is 1. The normalized spacial score (nSPS) is 11.8. The second-order valence-corrected chi connectivity index (χ2v) is 8.03. The number of amides is 1. The number of carbonyl (C=O) groups excluding carboxylic acids is 2. The summed E-state index contributed by atoms with van der Waals surface area (Å²) in [5.74, 6) is -0.348. The number of rotatable bonds is 20. The van der Waals surface area contributed by atoms with E-state index in [0.29, 0.717) is 19.6 Å². The molecule has 0 radical (unpaired) electrons. The van der Waals surface area contributed by atoms with Gasteiger partial charge in [0.25, 0.3) is 0 Å². The predicted molar refractivity (Wildman–Crippen MR) is 120 cm³/mol. The Morgan fingerprint density at radius 3 is 1.62 bits per heavy atom. The van der Waals surface area contributed by atoms with Crippen molar-refractivity contribution in [2.75, 3.05) is 13.2 Å². The minimum Gasteiger partial charge on any atom is -0.464 e. The Balaban J connectivity index is 3.59. The average Bonchev–Trinajstić information content (AvgIpc) is 2.72. The molecule has 5 heteroatoms. The molecule has 1 unspecified atom stereocenters. The van der Waals surface area contributed by atoms with Crippen molar-refractivity contribution >= 4 is 12.1 Å². The lowest BCUT2D eigenvalue weighted by Crippen LogP contribution is -2.42. The van der Waals surface area contributed by atoms with E-state index in [1.54, 1.807) is 0 Å². The van der Waals surface area contributed by atoms with Crippen LogP contribution in [0.3, 0.4) is 0 Å². The van der Waals surface area contributed by atoms with Gasteiger partial charge in [0.2, 0.25) is 0 Å². The van der Waals surface area contributed by atoms with Gasteiger partial charge in [-0.15, -0.1) is 0 Å². The summed E-state index contributed by atoms with van der Waals surface area (Å²) in [5.41, 5.74) is 0. The van der Waals surface area contributed by atoms with Crippen LogP contribution in [0, 0.1) is 0 Å². The zero-order chi connectivity index (χ0) is 21.6. The lowest BCUT2D eigenvalue weighted by Gasteiger charge is -2.16. The molecule has 1 N–H and O–H groups in total. The monoisotopic (exact) mass is 413 g/mol. The molecule has 0 spiro atoms. The maximum Gasteiger partial charge on any atom is 0.407 e. The maximum atomic E-state index is 12.2. The number of alkyl carbamates (subject to hydrolysis) is 1. The van der Waals surface area contributed by atoms with Crippen LogP contribution in [0.2, 0.25) is 0 Å². The van der Waals surface area contributed by atoms with Gasteiger partial charge in [-0.05, 0) is 19.3 Å². The molecule has 0 aliphatic carbocycles. The van der Waals surface area contributed by atoms with Gasteiger partial charge in [0.15, 0.2) is 0 Å². The van der Waals surface area contributed by atoms with E-state index in [1.807, 2.05) is 13.8 Å². The van der Waals surface area contributed by atoms with Gasteiger partial charge in [-0.1, -0.05) is 104 Å². The van der Waals surface area contributed by atoms with E-state index in [1.165, 1.54) is 70.6 Å². The molecule has 0 heterocycles. The molecule has 0 fully saturated rings. The fourth-order valence-electron chi connectivity index (χ4n) is 3.31. The summed E-state index contributed by atoms with van der Waals surface area (Å²) < 4.78 is 10.3. The van der Waals surface area contributed by atoms with Gasteiger partial charge in [-0.2, -0.15) is 0 Å². The highest BCUT2D eigenvalue weighted by Gasteiger charge is 2.21. The Morgan fingerprint density at radius 2 is 1.14 bits per heavy atom. The number of carbonyl (C=O) groups is 2. The highest BCUT2D eigenvalue weighted by Crippen LogP contribution is 2.12. The molecule has 0 aromatic carbocycles. The number of ether oxygens (including phenoxy) is 2. The molecule has 29 heavy (non-hydrogen) atoms. The molecular formula is C24H47NO4. The Kier molecular flexibility index (Phi) is 20.5. The Labute approximate surface area is 179 Å². The van der Waals surface area contributed by atoms with E-state index >= 15 is 0 Å². The van der Waals surface area contributed by atoms with Gasteiger partial charge in [-0.3, -0.25) is 0 Å². The van der Waals surface area contributed by atoms with Crippen molar-refractivity contribution in [3.05, 3.63) is 0 Å². The molecule has 172 valence electrons. The van der Waals surface area contributed by atoms with E-state index in [0.717, 1.165) is 25.7 Å². The van der Waals surface area contributed by atoms with Crippen LogP contribution >= 0.6 is 0 Å². The number of unbranched alkanes of at least 4 members (excludes halogenated alkanes) is 12. The molecule has 0 rings (SSSR count). The van der Waals surface area contributed by atoms with E-state index in [4.69, 9.17) is 9.47 Å². The third-order valence-corrected chi connectivity index (χ3v) is 5.08. The van der Waals surface area contributed by atoms with E-state index in [2.05, 4.69) is 12.2 Å². The van der Waals surface area contributed by atoms with Gasteiger partial charge >= 0.3 is 12.1 Å². The van der Waals surface area contributed by atoms with E-state index in [9.17, 15) is 9.59 Å². The molecule has 0 aliphatic rings. The zero-order valence-corrected chi connectivity index (χ0v) is 19.4. The van der Waals surface area contributed by atoms with E-state index < -0.39 is 12.1 Å². The van der Waals surface area contributed by atoms with Crippen LogP contribution in [0.15, 0.2) is 0 Å². The first kappa shape index (κ1) is 27.7. The fourth-order valence-corrected chi connectivity index (χ4v) is 3.31. The van der Waals surface area contributed by atoms with Crippen molar-refractivity contribution in [3.8, 4) is 0 Å². The van der Waals surface area contributed by atoms with Crippen molar-refractivity contribution in [2.24, 2.45) is 0 Å². The summed E-state index contributed by atoms with van der Waals surface area (Å²) in [6, 6.07) is -0.605. The summed E-state index contributed by atoms with van der Waals surface area (Å²) in [6.45, 7) is 6.96. The van der Waals surface area contributed by atoms with Crippen LogP contribution in [0.25, 0.3) is 0 Å². The van der Waals surface area contributed by atoms with Crippen LogP contribution in [0.1, 0.15) is 124 Å². The lowest BCUT2D eigenvalue weighted by molar-refractivity contribution is -0.146. The third kappa shape index (κ3) is 18.5.